The first-order chi connectivity index (χ1) is 14.5. The second-order valence-electron chi connectivity index (χ2n) is 6.60. The van der Waals surface area contributed by atoms with Gasteiger partial charge in [-0.2, -0.15) is 0 Å². The van der Waals surface area contributed by atoms with Gasteiger partial charge in [-0.15, -0.1) is 0 Å². The molecule has 30 heavy (non-hydrogen) atoms. The van der Waals surface area contributed by atoms with Crippen LogP contribution in [-0.2, 0) is 9.47 Å². The number of nitrogens with zero attached hydrogens (tertiary/aromatic N) is 1. The minimum Gasteiger partial charge on any atom is -0.477 e. The van der Waals surface area contributed by atoms with Gasteiger partial charge in [0.2, 0.25) is 5.43 Å². The Morgan fingerprint density at radius 3 is 2.50 bits per heavy atom. The van der Waals surface area contributed by atoms with Crippen molar-refractivity contribution < 1.29 is 19.4 Å². The Kier molecular flexibility index (Phi) is 9.58. The topological polar surface area (TPSA) is 116 Å². The molecule has 1 heterocycles. The highest BCUT2D eigenvalue weighted by atomic mass is 35.5. The minimum atomic E-state index is -1.23. The summed E-state index contributed by atoms with van der Waals surface area (Å²) in [5, 5.41) is 13.3. The van der Waals surface area contributed by atoms with Gasteiger partial charge in [-0.05, 0) is 25.0 Å². The number of halogens is 1. The first kappa shape index (κ1) is 24.1. The van der Waals surface area contributed by atoms with Gasteiger partial charge in [0.05, 0.1) is 42.7 Å². The van der Waals surface area contributed by atoms with Gasteiger partial charge in [0.15, 0.2) is 0 Å². The third-order valence-electron chi connectivity index (χ3n) is 4.49. The highest BCUT2D eigenvalue weighted by Crippen LogP contribution is 2.38. The first-order valence-electron chi connectivity index (χ1n) is 10.2. The van der Waals surface area contributed by atoms with Gasteiger partial charge in [-0.25, -0.2) is 4.79 Å². The first-order valence-corrected chi connectivity index (χ1v) is 10.6. The van der Waals surface area contributed by atoms with E-state index in [1.165, 1.54) is 6.20 Å². The predicted molar refractivity (Wildman–Crippen MR) is 119 cm³/mol. The fourth-order valence-corrected chi connectivity index (χ4v) is 3.20. The van der Waals surface area contributed by atoms with Crippen molar-refractivity contribution in [1.29, 1.82) is 0 Å². The Balaban J connectivity index is 0.00000155. The van der Waals surface area contributed by atoms with E-state index in [2.05, 4.69) is 5.32 Å². The molecule has 1 fully saturated rings. The van der Waals surface area contributed by atoms with E-state index >= 15 is 0 Å². The summed E-state index contributed by atoms with van der Waals surface area (Å²) in [6, 6.07) is 3.55. The summed E-state index contributed by atoms with van der Waals surface area (Å²) < 4.78 is 12.5. The molecular formula is C21H30ClN3O5. The lowest BCUT2D eigenvalue weighted by molar-refractivity contribution is 0.0548. The summed E-state index contributed by atoms with van der Waals surface area (Å²) >= 11 is 6.39. The molecule has 1 aliphatic rings. The second-order valence-corrected chi connectivity index (χ2v) is 7.01. The predicted octanol–water partition coefficient (Wildman–Crippen LogP) is 3.12. The number of aromatic carboxylic acids is 1. The maximum absolute atomic E-state index is 12.6. The number of hydrogen-bond donors (Lipinski definition) is 3. The number of carboxylic acid groups (broad SMARTS) is 1. The zero-order valence-corrected chi connectivity index (χ0v) is 18.2. The van der Waals surface area contributed by atoms with Crippen LogP contribution in [0.25, 0.3) is 10.9 Å². The van der Waals surface area contributed by atoms with E-state index in [9.17, 15) is 14.7 Å². The van der Waals surface area contributed by atoms with Gasteiger partial charge in [-0.3, -0.25) is 4.79 Å². The number of fused-ring (bicyclic) bond motifs is 1. The standard InChI is InChI=1S/C19H24ClN3O5.C2H6/c20-15-10-17-13(9-16(15)22-4-6-28-8-7-27-5-3-21)18(24)14(19(25)26)11-23(17)12-1-2-12;1-2/h9-12,22H,1-8,21H2,(H,25,26);1-2H3. The van der Waals surface area contributed by atoms with Crippen molar-refractivity contribution in [1.82, 2.24) is 4.57 Å². The van der Waals surface area contributed by atoms with Crippen LogP contribution in [0, 0.1) is 0 Å². The number of rotatable bonds is 11. The number of benzene rings is 1. The van der Waals surface area contributed by atoms with Crippen molar-refractivity contribution in [2.24, 2.45) is 5.73 Å². The van der Waals surface area contributed by atoms with Crippen LogP contribution >= 0.6 is 11.6 Å². The maximum Gasteiger partial charge on any atom is 0.341 e. The molecule has 0 radical (unpaired) electrons. The summed E-state index contributed by atoms with van der Waals surface area (Å²) in [5.74, 6) is -1.23. The van der Waals surface area contributed by atoms with Crippen LogP contribution < -0.4 is 16.5 Å². The number of ether oxygens (including phenoxy) is 2. The number of nitrogens with two attached hydrogens (primary N) is 1. The Labute approximate surface area is 180 Å². The smallest absolute Gasteiger partial charge is 0.341 e. The Morgan fingerprint density at radius 2 is 1.90 bits per heavy atom. The number of carboxylic acids is 1. The molecule has 2 aromatic rings. The third kappa shape index (κ3) is 6.18. The van der Waals surface area contributed by atoms with Crippen LogP contribution in [0.2, 0.25) is 5.02 Å². The third-order valence-corrected chi connectivity index (χ3v) is 4.80. The highest BCUT2D eigenvalue weighted by molar-refractivity contribution is 6.34. The zero-order chi connectivity index (χ0) is 22.1. The van der Waals surface area contributed by atoms with Crippen LogP contribution in [0.3, 0.4) is 0 Å². The normalized spacial score (nSPS) is 13.1. The monoisotopic (exact) mass is 439 g/mol. The van der Waals surface area contributed by atoms with E-state index < -0.39 is 11.4 Å². The molecule has 1 aliphatic carbocycles. The van der Waals surface area contributed by atoms with Crippen molar-refractivity contribution in [3.05, 3.63) is 39.1 Å². The van der Waals surface area contributed by atoms with E-state index in [1.54, 1.807) is 12.1 Å². The number of aromatic nitrogens is 1. The Hall–Kier alpha value is -2.13. The summed E-state index contributed by atoms with van der Waals surface area (Å²) in [5.41, 5.74) is 5.82. The zero-order valence-electron chi connectivity index (χ0n) is 17.4. The van der Waals surface area contributed by atoms with Crippen LogP contribution in [0.1, 0.15) is 43.1 Å². The van der Waals surface area contributed by atoms with Gasteiger partial charge in [-0.1, -0.05) is 25.4 Å². The molecule has 1 saturated carbocycles. The van der Waals surface area contributed by atoms with Crippen LogP contribution in [0.4, 0.5) is 5.69 Å². The van der Waals surface area contributed by atoms with E-state index in [0.29, 0.717) is 61.1 Å². The molecule has 1 aromatic heterocycles. The van der Waals surface area contributed by atoms with Gasteiger partial charge in [0, 0.05) is 30.7 Å². The van der Waals surface area contributed by atoms with Crippen molar-refractivity contribution >= 4 is 34.2 Å². The van der Waals surface area contributed by atoms with Gasteiger partial charge < -0.3 is 30.2 Å². The average Bonchev–Trinajstić information content (AvgIpc) is 3.57. The molecule has 1 aromatic carbocycles. The van der Waals surface area contributed by atoms with E-state index in [-0.39, 0.29) is 11.6 Å². The van der Waals surface area contributed by atoms with E-state index in [4.69, 9.17) is 26.8 Å². The quantitative estimate of drug-likeness (QED) is 0.460. The molecule has 0 spiro atoms. The lowest BCUT2D eigenvalue weighted by Gasteiger charge is -2.15. The Morgan fingerprint density at radius 1 is 1.23 bits per heavy atom. The second kappa shape index (κ2) is 11.9. The molecule has 0 saturated heterocycles. The summed E-state index contributed by atoms with van der Waals surface area (Å²) in [6.45, 7) is 6.84. The lowest BCUT2D eigenvalue weighted by Crippen LogP contribution is -2.19. The molecule has 0 bridgehead atoms. The number of nitrogens with one attached hydrogen (secondary N) is 1. The number of hydrogen-bond acceptors (Lipinski definition) is 6. The molecule has 8 nitrogen and oxygen atoms in total. The summed E-state index contributed by atoms with van der Waals surface area (Å²) in [7, 11) is 0. The van der Waals surface area contributed by atoms with Crippen LogP contribution in [0.15, 0.2) is 23.1 Å². The maximum atomic E-state index is 12.6. The van der Waals surface area contributed by atoms with Crippen LogP contribution in [-0.4, -0.2) is 55.2 Å². The van der Waals surface area contributed by atoms with E-state index in [1.807, 2.05) is 18.4 Å². The average molecular weight is 440 g/mol. The van der Waals surface area contributed by atoms with Crippen molar-refractivity contribution in [2.75, 3.05) is 44.8 Å². The molecule has 0 unspecified atom stereocenters. The van der Waals surface area contributed by atoms with Gasteiger partial charge in [0.25, 0.3) is 0 Å². The molecule has 0 amide bonds. The number of pyridine rings is 1. The SMILES string of the molecule is CC.NCCOCCOCCNc1cc2c(=O)c(C(=O)O)cn(C3CC3)c2cc1Cl. The molecule has 0 atom stereocenters. The van der Waals surface area contributed by atoms with Crippen molar-refractivity contribution in [3.8, 4) is 0 Å². The van der Waals surface area contributed by atoms with Gasteiger partial charge >= 0.3 is 5.97 Å². The molecular weight excluding hydrogens is 410 g/mol. The lowest BCUT2D eigenvalue weighted by atomic mass is 10.1. The molecule has 166 valence electrons. The summed E-state index contributed by atoms with van der Waals surface area (Å²) in [6.07, 6.45) is 3.34. The minimum absolute atomic E-state index is 0.214. The molecule has 4 N–H and O–H groups in total. The van der Waals surface area contributed by atoms with Gasteiger partial charge in [0.1, 0.15) is 5.56 Å². The number of carbonyl (C=O) groups is 1. The molecule has 3 rings (SSSR count). The fraction of sp³-hybridized carbons (Fsp3) is 0.524. The largest absolute Gasteiger partial charge is 0.477 e. The fourth-order valence-electron chi connectivity index (χ4n) is 2.98. The molecule has 0 aliphatic heterocycles. The van der Waals surface area contributed by atoms with Crippen molar-refractivity contribution in [2.45, 2.75) is 32.7 Å². The molecule has 9 heteroatoms. The summed E-state index contributed by atoms with van der Waals surface area (Å²) in [4.78, 5) is 24.1. The Bertz CT molecular complexity index is 912. The van der Waals surface area contributed by atoms with Crippen molar-refractivity contribution in [3.63, 3.8) is 0 Å². The van der Waals surface area contributed by atoms with Crippen LogP contribution in [0.5, 0.6) is 0 Å². The van der Waals surface area contributed by atoms with E-state index in [0.717, 1.165) is 12.8 Å². The number of anilines is 1. The highest BCUT2D eigenvalue weighted by Gasteiger charge is 2.27.